The van der Waals surface area contributed by atoms with Crippen molar-refractivity contribution in [3.63, 3.8) is 0 Å². The maximum atomic E-state index is 12.6. The number of H-pyrrole nitrogens is 1. The maximum absolute atomic E-state index is 12.6. The highest BCUT2D eigenvalue weighted by Crippen LogP contribution is 2.58. The SMILES string of the molecule is CCCN(Cc1ncc(C23CCC(c4ccc(Br)cc4)(CC2)CC3)[nH]1)C(=O)OC(C)(C)C. The fourth-order valence-corrected chi connectivity index (χ4v) is 5.81. The molecule has 3 fully saturated rings. The van der Waals surface area contributed by atoms with E-state index in [9.17, 15) is 4.79 Å². The highest BCUT2D eigenvalue weighted by atomic mass is 79.9. The molecule has 2 bridgehead atoms. The van der Waals surface area contributed by atoms with E-state index in [0.717, 1.165) is 16.7 Å². The van der Waals surface area contributed by atoms with Crippen LogP contribution in [0.4, 0.5) is 4.79 Å². The minimum absolute atomic E-state index is 0.198. The number of halogens is 1. The Morgan fingerprint density at radius 1 is 1.09 bits per heavy atom. The molecule has 1 heterocycles. The molecule has 174 valence electrons. The van der Waals surface area contributed by atoms with Crippen molar-refractivity contribution in [2.75, 3.05) is 6.54 Å². The lowest BCUT2D eigenvalue weighted by atomic mass is 9.51. The van der Waals surface area contributed by atoms with Gasteiger partial charge in [-0.15, -0.1) is 0 Å². The molecule has 1 amide bonds. The molecule has 3 aliphatic carbocycles. The summed E-state index contributed by atoms with van der Waals surface area (Å²) >= 11 is 3.57. The molecule has 0 aliphatic heterocycles. The lowest BCUT2D eigenvalue weighted by Gasteiger charge is -2.53. The first kappa shape index (κ1) is 23.3. The molecule has 0 saturated heterocycles. The van der Waals surface area contributed by atoms with Crippen molar-refractivity contribution in [2.24, 2.45) is 0 Å². The van der Waals surface area contributed by atoms with Crippen molar-refractivity contribution >= 4 is 22.0 Å². The number of carbonyl (C=O) groups excluding carboxylic acids is 1. The maximum Gasteiger partial charge on any atom is 0.410 e. The van der Waals surface area contributed by atoms with Gasteiger partial charge < -0.3 is 14.6 Å². The molecule has 1 aromatic heterocycles. The van der Waals surface area contributed by atoms with Crippen LogP contribution in [0.15, 0.2) is 34.9 Å². The van der Waals surface area contributed by atoms with Crippen LogP contribution in [-0.4, -0.2) is 33.1 Å². The minimum Gasteiger partial charge on any atom is -0.444 e. The van der Waals surface area contributed by atoms with Crippen LogP contribution < -0.4 is 0 Å². The van der Waals surface area contributed by atoms with Gasteiger partial charge in [-0.25, -0.2) is 9.78 Å². The Labute approximate surface area is 200 Å². The number of carbonyl (C=O) groups is 1. The number of fused-ring (bicyclic) bond motifs is 3. The molecule has 1 aromatic carbocycles. The summed E-state index contributed by atoms with van der Waals surface area (Å²) in [4.78, 5) is 22.7. The monoisotopic (exact) mass is 501 g/mol. The van der Waals surface area contributed by atoms with Gasteiger partial charge in [-0.05, 0) is 88.8 Å². The van der Waals surface area contributed by atoms with Crippen LogP contribution in [0, 0.1) is 0 Å². The number of hydrogen-bond donors (Lipinski definition) is 1. The third-order valence-corrected chi connectivity index (χ3v) is 7.92. The van der Waals surface area contributed by atoms with Gasteiger partial charge >= 0.3 is 6.09 Å². The summed E-state index contributed by atoms with van der Waals surface area (Å²) in [7, 11) is 0. The van der Waals surface area contributed by atoms with Crippen molar-refractivity contribution in [2.45, 2.75) is 95.6 Å². The van der Waals surface area contributed by atoms with Gasteiger partial charge in [-0.3, -0.25) is 0 Å². The van der Waals surface area contributed by atoms with Gasteiger partial charge in [-0.2, -0.15) is 0 Å². The van der Waals surface area contributed by atoms with E-state index >= 15 is 0 Å². The predicted molar refractivity (Wildman–Crippen MR) is 131 cm³/mol. The zero-order valence-electron chi connectivity index (χ0n) is 19.8. The van der Waals surface area contributed by atoms with Crippen LogP contribution in [0.5, 0.6) is 0 Å². The van der Waals surface area contributed by atoms with Crippen LogP contribution >= 0.6 is 15.9 Å². The number of nitrogens with zero attached hydrogens (tertiary/aromatic N) is 2. The van der Waals surface area contributed by atoms with Crippen molar-refractivity contribution < 1.29 is 9.53 Å². The normalized spacial score (nSPS) is 25.0. The van der Waals surface area contributed by atoms with E-state index in [2.05, 4.69) is 57.1 Å². The molecule has 0 radical (unpaired) electrons. The highest BCUT2D eigenvalue weighted by Gasteiger charge is 2.50. The molecule has 0 spiro atoms. The fraction of sp³-hybridized carbons (Fsp3) is 0.615. The van der Waals surface area contributed by atoms with Crippen LogP contribution in [0.3, 0.4) is 0 Å². The van der Waals surface area contributed by atoms with Gasteiger partial charge in [0.1, 0.15) is 11.4 Å². The average molecular weight is 502 g/mol. The Morgan fingerprint density at radius 3 is 2.25 bits per heavy atom. The quantitative estimate of drug-likeness (QED) is 0.469. The summed E-state index contributed by atoms with van der Waals surface area (Å²) in [5.41, 5.74) is 2.77. The minimum atomic E-state index is -0.498. The molecule has 32 heavy (non-hydrogen) atoms. The van der Waals surface area contributed by atoms with E-state index in [0.29, 0.717) is 18.5 Å². The van der Waals surface area contributed by atoms with Crippen molar-refractivity contribution in [3.05, 3.63) is 52.0 Å². The van der Waals surface area contributed by atoms with Crippen molar-refractivity contribution in [1.29, 1.82) is 0 Å². The zero-order chi connectivity index (χ0) is 23.0. The second kappa shape index (κ2) is 8.85. The zero-order valence-corrected chi connectivity index (χ0v) is 21.4. The molecular weight excluding hydrogens is 466 g/mol. The van der Waals surface area contributed by atoms with E-state index in [4.69, 9.17) is 4.74 Å². The molecule has 0 unspecified atom stereocenters. The molecule has 1 N–H and O–H groups in total. The largest absolute Gasteiger partial charge is 0.444 e. The molecule has 2 aromatic rings. The first-order valence-electron chi connectivity index (χ1n) is 11.9. The van der Waals surface area contributed by atoms with E-state index in [1.165, 1.54) is 49.8 Å². The van der Waals surface area contributed by atoms with Gasteiger partial charge in [0.15, 0.2) is 0 Å². The molecule has 0 atom stereocenters. The second-order valence-corrected chi connectivity index (χ2v) is 11.6. The Hall–Kier alpha value is -1.82. The smallest absolute Gasteiger partial charge is 0.410 e. The van der Waals surface area contributed by atoms with Gasteiger partial charge in [-0.1, -0.05) is 35.0 Å². The van der Waals surface area contributed by atoms with Gasteiger partial charge in [0, 0.05) is 28.3 Å². The number of imidazole rings is 1. The number of rotatable bonds is 6. The van der Waals surface area contributed by atoms with Gasteiger partial charge in [0.05, 0.1) is 6.54 Å². The first-order chi connectivity index (χ1) is 15.1. The third kappa shape index (κ3) is 4.75. The fourth-order valence-electron chi connectivity index (χ4n) is 5.55. The lowest BCUT2D eigenvalue weighted by molar-refractivity contribution is 0.0229. The van der Waals surface area contributed by atoms with Crippen molar-refractivity contribution in [3.8, 4) is 0 Å². The second-order valence-electron chi connectivity index (χ2n) is 10.7. The summed E-state index contributed by atoms with van der Waals surface area (Å²) in [6, 6.07) is 8.95. The summed E-state index contributed by atoms with van der Waals surface area (Å²) in [6.45, 7) is 8.90. The van der Waals surface area contributed by atoms with Crippen molar-refractivity contribution in [1.82, 2.24) is 14.9 Å². The first-order valence-corrected chi connectivity index (χ1v) is 12.7. The predicted octanol–water partition coefficient (Wildman–Crippen LogP) is 6.86. The molecule has 3 aliphatic rings. The van der Waals surface area contributed by atoms with Crippen LogP contribution in [0.1, 0.15) is 89.7 Å². The third-order valence-electron chi connectivity index (χ3n) is 7.39. The average Bonchev–Trinajstić information content (AvgIpc) is 3.23. The summed E-state index contributed by atoms with van der Waals surface area (Å²) in [5.74, 6) is 0.851. The Bertz CT molecular complexity index is 920. The standard InChI is InChI=1S/C26H36BrN3O2/c1-5-16-30(23(31)32-24(2,3)4)18-22-28-17-21(29-22)26-13-10-25(11-14-26,12-15-26)19-6-8-20(27)9-7-19/h6-9,17H,5,10-16,18H2,1-4H3,(H,28,29). The van der Waals surface area contributed by atoms with Crippen LogP contribution in [-0.2, 0) is 22.1 Å². The van der Waals surface area contributed by atoms with E-state index in [1.807, 2.05) is 27.0 Å². The summed E-state index contributed by atoms with van der Waals surface area (Å²) < 4.78 is 6.74. The molecule has 5 rings (SSSR count). The van der Waals surface area contributed by atoms with E-state index < -0.39 is 5.60 Å². The summed E-state index contributed by atoms with van der Waals surface area (Å²) in [6.07, 6.45) is 9.88. The van der Waals surface area contributed by atoms with Crippen LogP contribution in [0.25, 0.3) is 0 Å². The van der Waals surface area contributed by atoms with E-state index in [1.54, 1.807) is 4.90 Å². The van der Waals surface area contributed by atoms with Gasteiger partial charge in [0.25, 0.3) is 0 Å². The number of hydrogen-bond acceptors (Lipinski definition) is 3. The topological polar surface area (TPSA) is 58.2 Å². The lowest BCUT2D eigenvalue weighted by Crippen LogP contribution is -2.46. The molecular formula is C26H36BrN3O2. The number of aromatic nitrogens is 2. The molecule has 5 nitrogen and oxygen atoms in total. The number of benzene rings is 1. The van der Waals surface area contributed by atoms with Gasteiger partial charge in [0.2, 0.25) is 0 Å². The van der Waals surface area contributed by atoms with E-state index in [-0.39, 0.29) is 11.5 Å². The molecule has 3 saturated carbocycles. The molecule has 6 heteroatoms. The Kier molecular flexibility index (Phi) is 6.45. The van der Waals surface area contributed by atoms with Crippen LogP contribution in [0.2, 0.25) is 0 Å². The Morgan fingerprint density at radius 2 is 1.69 bits per heavy atom. The summed E-state index contributed by atoms with van der Waals surface area (Å²) in [5, 5.41) is 0. The number of amides is 1. The Balaban J connectivity index is 1.45. The highest BCUT2D eigenvalue weighted by molar-refractivity contribution is 9.10. The number of aromatic amines is 1. The number of nitrogens with one attached hydrogen (secondary N) is 1. The number of ether oxygens (including phenoxy) is 1.